The van der Waals surface area contributed by atoms with Crippen molar-refractivity contribution in [1.29, 1.82) is 0 Å². The summed E-state index contributed by atoms with van der Waals surface area (Å²) in [6.07, 6.45) is 3.68. The molecule has 1 N–H and O–H groups in total. The first-order chi connectivity index (χ1) is 13.8. The number of nitrogens with one attached hydrogen (secondary N) is 1. The highest BCUT2D eigenvalue weighted by molar-refractivity contribution is 5.89. The summed E-state index contributed by atoms with van der Waals surface area (Å²) in [6, 6.07) is 11.0. The lowest BCUT2D eigenvalue weighted by Gasteiger charge is -2.39. The second-order valence-corrected chi connectivity index (χ2v) is 7.35. The number of nitro groups is 2. The van der Waals surface area contributed by atoms with E-state index in [1.165, 1.54) is 24.3 Å². The van der Waals surface area contributed by atoms with Crippen LogP contribution in [-0.2, 0) is 0 Å². The molecule has 0 saturated carbocycles. The molecule has 9 heteroatoms. The van der Waals surface area contributed by atoms with E-state index >= 15 is 0 Å². The minimum absolute atomic E-state index is 0.00330. The van der Waals surface area contributed by atoms with Crippen molar-refractivity contribution in [2.75, 3.05) is 16.9 Å². The summed E-state index contributed by atoms with van der Waals surface area (Å²) in [5.41, 5.74) is 4.95. The Balaban J connectivity index is 1.83. The van der Waals surface area contributed by atoms with Crippen LogP contribution < -0.4 is 10.3 Å². The van der Waals surface area contributed by atoms with Crippen LogP contribution in [0.2, 0.25) is 0 Å². The normalized spacial score (nSPS) is 19.3. The first-order valence-corrected chi connectivity index (χ1v) is 9.43. The molecule has 29 heavy (non-hydrogen) atoms. The quantitative estimate of drug-likeness (QED) is 0.434. The number of anilines is 2. The third-order valence-electron chi connectivity index (χ3n) is 5.15. The predicted octanol–water partition coefficient (Wildman–Crippen LogP) is 4.57. The lowest BCUT2D eigenvalue weighted by Crippen LogP contribution is -2.40. The molecule has 9 nitrogen and oxygen atoms in total. The van der Waals surface area contributed by atoms with E-state index in [1.54, 1.807) is 24.4 Å². The van der Waals surface area contributed by atoms with E-state index in [0.29, 0.717) is 23.2 Å². The number of hydrogen-bond donors (Lipinski definition) is 1. The van der Waals surface area contributed by atoms with E-state index in [-0.39, 0.29) is 11.4 Å². The first-order valence-electron chi connectivity index (χ1n) is 9.43. The lowest BCUT2D eigenvalue weighted by molar-refractivity contribution is -0.385. The van der Waals surface area contributed by atoms with E-state index in [0.717, 1.165) is 25.1 Å². The molecule has 2 atom stereocenters. The number of piperidine rings is 1. The van der Waals surface area contributed by atoms with Gasteiger partial charge in [0.2, 0.25) is 0 Å². The average molecular weight is 397 g/mol. The zero-order valence-corrected chi connectivity index (χ0v) is 16.3. The molecular weight excluding hydrogens is 374 g/mol. The fourth-order valence-corrected chi connectivity index (χ4v) is 3.62. The Morgan fingerprint density at radius 1 is 1.07 bits per heavy atom. The van der Waals surface area contributed by atoms with Gasteiger partial charge in [-0.2, -0.15) is 5.10 Å². The van der Waals surface area contributed by atoms with Crippen molar-refractivity contribution < 1.29 is 9.85 Å². The topological polar surface area (TPSA) is 114 Å². The van der Waals surface area contributed by atoms with Crippen molar-refractivity contribution >= 4 is 29.0 Å². The third-order valence-corrected chi connectivity index (χ3v) is 5.15. The zero-order valence-electron chi connectivity index (χ0n) is 16.3. The molecule has 1 aliphatic heterocycles. The van der Waals surface area contributed by atoms with Gasteiger partial charge in [0.15, 0.2) is 0 Å². The molecule has 0 aliphatic carbocycles. The van der Waals surface area contributed by atoms with Gasteiger partial charge in [0.05, 0.1) is 21.7 Å². The number of hydrogen-bond acceptors (Lipinski definition) is 7. The Kier molecular flexibility index (Phi) is 6.06. The molecule has 0 spiro atoms. The Morgan fingerprint density at radius 3 is 2.34 bits per heavy atom. The zero-order chi connectivity index (χ0) is 21.0. The maximum atomic E-state index is 11.2. The summed E-state index contributed by atoms with van der Waals surface area (Å²) in [6.45, 7) is 5.28. The van der Waals surface area contributed by atoms with Crippen LogP contribution in [0, 0.1) is 26.1 Å². The fourth-order valence-electron chi connectivity index (χ4n) is 3.62. The average Bonchev–Trinajstić information content (AvgIpc) is 2.68. The molecule has 1 saturated heterocycles. The summed E-state index contributed by atoms with van der Waals surface area (Å²) in [4.78, 5) is 23.3. The molecule has 0 aromatic heterocycles. The Bertz CT molecular complexity index is 929. The third kappa shape index (κ3) is 4.87. The van der Waals surface area contributed by atoms with Crippen LogP contribution in [0.5, 0.6) is 0 Å². The van der Waals surface area contributed by atoms with Gasteiger partial charge in [-0.25, -0.2) is 0 Å². The van der Waals surface area contributed by atoms with Crippen molar-refractivity contribution in [2.45, 2.75) is 32.7 Å². The molecule has 2 unspecified atom stereocenters. The fraction of sp³-hybridized carbons (Fsp3) is 0.350. The molecule has 1 heterocycles. The number of rotatable bonds is 6. The van der Waals surface area contributed by atoms with Crippen LogP contribution in [0.15, 0.2) is 47.6 Å². The molecule has 0 bridgehead atoms. The van der Waals surface area contributed by atoms with Crippen molar-refractivity contribution in [3.63, 3.8) is 0 Å². The number of benzene rings is 2. The standard InChI is InChI=1S/C20H23N5O4/c1-14-9-10-23(15(2)11-14)20-8-7-19(25(28)29)12-16(20)13-21-22-17-3-5-18(6-4-17)24(26)27/h3-8,12-15,22H,9-11H2,1-2H3/b21-13+. The largest absolute Gasteiger partial charge is 0.368 e. The number of nitrogens with zero attached hydrogens (tertiary/aromatic N) is 4. The van der Waals surface area contributed by atoms with Crippen LogP contribution in [-0.4, -0.2) is 28.6 Å². The van der Waals surface area contributed by atoms with E-state index in [1.807, 2.05) is 0 Å². The first kappa shape index (κ1) is 20.2. The molecule has 0 radical (unpaired) electrons. The van der Waals surface area contributed by atoms with Crippen LogP contribution in [0.4, 0.5) is 22.7 Å². The van der Waals surface area contributed by atoms with Crippen LogP contribution >= 0.6 is 0 Å². The van der Waals surface area contributed by atoms with Gasteiger partial charge in [-0.15, -0.1) is 0 Å². The second-order valence-electron chi connectivity index (χ2n) is 7.35. The second kappa shape index (κ2) is 8.68. The van der Waals surface area contributed by atoms with Gasteiger partial charge >= 0.3 is 0 Å². The number of nitro benzene ring substituents is 2. The maximum absolute atomic E-state index is 11.2. The van der Waals surface area contributed by atoms with Gasteiger partial charge in [-0.05, 0) is 43.9 Å². The van der Waals surface area contributed by atoms with Crippen molar-refractivity contribution in [3.8, 4) is 0 Å². The molecule has 3 rings (SSSR count). The minimum atomic E-state index is -0.469. The highest BCUT2D eigenvalue weighted by atomic mass is 16.6. The van der Waals surface area contributed by atoms with Gasteiger partial charge in [-0.1, -0.05) is 6.92 Å². The lowest BCUT2D eigenvalue weighted by atomic mass is 9.92. The smallest absolute Gasteiger partial charge is 0.270 e. The summed E-state index contributed by atoms with van der Waals surface area (Å²) >= 11 is 0. The maximum Gasteiger partial charge on any atom is 0.270 e. The van der Waals surface area contributed by atoms with Crippen LogP contribution in [0.25, 0.3) is 0 Å². The molecular formula is C20H23N5O4. The van der Waals surface area contributed by atoms with Gasteiger partial charge in [0, 0.05) is 48.1 Å². The molecule has 1 fully saturated rings. The highest BCUT2D eigenvalue weighted by Crippen LogP contribution is 2.31. The predicted molar refractivity (Wildman–Crippen MR) is 113 cm³/mol. The van der Waals surface area contributed by atoms with Crippen molar-refractivity contribution in [1.82, 2.24) is 0 Å². The van der Waals surface area contributed by atoms with Crippen molar-refractivity contribution in [3.05, 3.63) is 68.3 Å². The Morgan fingerprint density at radius 2 is 1.72 bits per heavy atom. The molecule has 0 amide bonds. The number of non-ortho nitro benzene ring substituents is 2. The summed E-state index contributed by atoms with van der Waals surface area (Å²) in [5.74, 6) is 0.653. The monoisotopic (exact) mass is 397 g/mol. The van der Waals surface area contributed by atoms with E-state index in [2.05, 4.69) is 29.3 Å². The Labute approximate surface area is 168 Å². The minimum Gasteiger partial charge on any atom is -0.368 e. The summed E-state index contributed by atoms with van der Waals surface area (Å²) in [7, 11) is 0. The molecule has 152 valence electrons. The van der Waals surface area contributed by atoms with E-state index in [4.69, 9.17) is 0 Å². The van der Waals surface area contributed by atoms with E-state index in [9.17, 15) is 20.2 Å². The number of hydrazone groups is 1. The van der Waals surface area contributed by atoms with Gasteiger partial charge in [-0.3, -0.25) is 25.7 Å². The van der Waals surface area contributed by atoms with Gasteiger partial charge in [0.25, 0.3) is 11.4 Å². The Hall–Kier alpha value is -3.49. The van der Waals surface area contributed by atoms with Gasteiger partial charge < -0.3 is 4.90 Å². The molecule has 2 aromatic rings. The molecule has 2 aromatic carbocycles. The molecule has 1 aliphatic rings. The SMILES string of the molecule is CC1CCN(c2ccc([N+](=O)[O-])cc2/C=N/Nc2ccc([N+](=O)[O-])cc2)C(C)C1. The van der Waals surface area contributed by atoms with E-state index < -0.39 is 9.85 Å². The summed E-state index contributed by atoms with van der Waals surface area (Å²) in [5, 5.41) is 26.1. The van der Waals surface area contributed by atoms with Gasteiger partial charge in [0.1, 0.15) is 0 Å². The highest BCUT2D eigenvalue weighted by Gasteiger charge is 2.25. The van der Waals surface area contributed by atoms with Crippen molar-refractivity contribution in [2.24, 2.45) is 11.0 Å². The van der Waals surface area contributed by atoms with Crippen LogP contribution in [0.3, 0.4) is 0 Å². The summed E-state index contributed by atoms with van der Waals surface area (Å²) < 4.78 is 0. The van der Waals surface area contributed by atoms with Crippen LogP contribution in [0.1, 0.15) is 32.3 Å².